The van der Waals surface area contributed by atoms with Gasteiger partial charge >= 0.3 is 0 Å². The Morgan fingerprint density at radius 3 is 2.08 bits per heavy atom. The van der Waals surface area contributed by atoms with Gasteiger partial charge < -0.3 is 9.88 Å². The molecule has 8 aromatic rings. The normalized spacial score (nSPS) is 15.1. The Hall–Kier alpha value is -6.45. The van der Waals surface area contributed by atoms with Crippen molar-refractivity contribution in [3.8, 4) is 27.9 Å². The average molecular weight is 638 g/mol. The van der Waals surface area contributed by atoms with E-state index in [1.165, 1.54) is 77.5 Å². The summed E-state index contributed by atoms with van der Waals surface area (Å²) in [6.45, 7) is 0.727. The van der Waals surface area contributed by atoms with Crippen molar-refractivity contribution >= 4 is 33.1 Å². The molecule has 6 aromatic carbocycles. The van der Waals surface area contributed by atoms with Crippen LogP contribution in [0.25, 0.3) is 61.0 Å². The summed E-state index contributed by atoms with van der Waals surface area (Å²) in [4.78, 5) is 4.98. The number of para-hydroxylation sites is 1. The van der Waals surface area contributed by atoms with Crippen LogP contribution in [0.15, 0.2) is 176 Å². The summed E-state index contributed by atoms with van der Waals surface area (Å²) >= 11 is 0. The maximum Gasteiger partial charge on any atom is 0.0912 e. The minimum absolute atomic E-state index is 0.425. The van der Waals surface area contributed by atoms with Gasteiger partial charge in [-0.25, -0.2) is 0 Å². The number of fused-ring (bicyclic) bond motifs is 12. The zero-order valence-corrected chi connectivity index (χ0v) is 27.3. The van der Waals surface area contributed by atoms with Gasteiger partial charge in [-0.1, -0.05) is 121 Å². The van der Waals surface area contributed by atoms with Crippen LogP contribution in [0.4, 0.5) is 0 Å². The first-order valence-corrected chi connectivity index (χ1v) is 17.3. The summed E-state index contributed by atoms with van der Waals surface area (Å²) in [6, 6.07) is 57.6. The van der Waals surface area contributed by atoms with Gasteiger partial charge in [0.05, 0.1) is 27.8 Å². The number of aromatic nitrogens is 2. The van der Waals surface area contributed by atoms with Crippen molar-refractivity contribution in [1.29, 1.82) is 0 Å². The Morgan fingerprint density at radius 1 is 0.540 bits per heavy atom. The highest BCUT2D eigenvalue weighted by Gasteiger charge is 2.53. The quantitative estimate of drug-likeness (QED) is 0.209. The molecule has 2 aromatic heterocycles. The number of allylic oxidation sites excluding steroid dienone is 2. The summed E-state index contributed by atoms with van der Waals surface area (Å²) in [6.07, 6.45) is 4.39. The van der Waals surface area contributed by atoms with E-state index in [0.29, 0.717) is 0 Å². The highest BCUT2D eigenvalue weighted by atomic mass is 15.0. The predicted octanol–water partition coefficient (Wildman–Crippen LogP) is 10.6. The molecule has 2 aliphatic carbocycles. The van der Waals surface area contributed by atoms with Crippen LogP contribution >= 0.6 is 0 Å². The molecule has 11 rings (SSSR count). The van der Waals surface area contributed by atoms with Gasteiger partial charge in [-0.3, -0.25) is 4.98 Å². The molecule has 50 heavy (non-hydrogen) atoms. The maximum absolute atomic E-state index is 4.98. The van der Waals surface area contributed by atoms with Gasteiger partial charge in [0.1, 0.15) is 0 Å². The first kappa shape index (κ1) is 27.5. The topological polar surface area (TPSA) is 29.9 Å². The molecule has 3 heteroatoms. The van der Waals surface area contributed by atoms with Crippen molar-refractivity contribution in [3.05, 3.63) is 204 Å². The highest BCUT2D eigenvalue weighted by molar-refractivity contribution is 6.10. The molecule has 1 N–H and O–H groups in total. The number of nitrogens with zero attached hydrogens (tertiary/aromatic N) is 2. The Balaban J connectivity index is 1.09. The van der Waals surface area contributed by atoms with Crippen LogP contribution in [0.2, 0.25) is 0 Å². The van der Waals surface area contributed by atoms with Crippen LogP contribution in [0.5, 0.6) is 0 Å². The van der Waals surface area contributed by atoms with Gasteiger partial charge in [0, 0.05) is 29.2 Å². The number of hydrogen-bond donors (Lipinski definition) is 1. The van der Waals surface area contributed by atoms with Gasteiger partial charge in [-0.05, 0) is 98.1 Å². The second-order valence-electron chi connectivity index (χ2n) is 13.6. The number of dihydropyridines is 1. The number of nitrogens with one attached hydrogen (secondary N) is 1. The zero-order valence-electron chi connectivity index (χ0n) is 27.3. The van der Waals surface area contributed by atoms with Gasteiger partial charge in [-0.2, -0.15) is 0 Å². The summed E-state index contributed by atoms with van der Waals surface area (Å²) in [7, 11) is 0. The summed E-state index contributed by atoms with van der Waals surface area (Å²) < 4.78 is 2.42. The Morgan fingerprint density at radius 2 is 1.24 bits per heavy atom. The fraction of sp³-hybridized carbons (Fsp3) is 0.0426. The number of pyridine rings is 1. The second-order valence-corrected chi connectivity index (χ2v) is 13.6. The Labute approximate surface area is 290 Å². The van der Waals surface area contributed by atoms with E-state index >= 15 is 0 Å². The molecule has 3 aliphatic rings. The molecular weight excluding hydrogens is 607 g/mol. The summed E-state index contributed by atoms with van der Waals surface area (Å²) in [5, 5.41) is 6.40. The van der Waals surface area contributed by atoms with E-state index in [4.69, 9.17) is 4.98 Å². The van der Waals surface area contributed by atoms with Crippen molar-refractivity contribution in [2.24, 2.45) is 0 Å². The third-order valence-corrected chi connectivity index (χ3v) is 11.1. The lowest BCUT2D eigenvalue weighted by Gasteiger charge is -2.32. The fourth-order valence-corrected chi connectivity index (χ4v) is 9.04. The average Bonchev–Trinajstić information content (AvgIpc) is 3.80. The lowest BCUT2D eigenvalue weighted by atomic mass is 9.69. The minimum Gasteiger partial charge on any atom is -0.379 e. The number of hydrogen-bond acceptors (Lipinski definition) is 2. The molecule has 3 nitrogen and oxygen atoms in total. The molecule has 0 amide bonds. The molecule has 0 unspecified atom stereocenters. The molecule has 0 radical (unpaired) electrons. The third kappa shape index (κ3) is 3.61. The second kappa shape index (κ2) is 10.3. The van der Waals surface area contributed by atoms with Crippen molar-refractivity contribution in [3.63, 3.8) is 0 Å². The van der Waals surface area contributed by atoms with E-state index in [1.54, 1.807) is 0 Å². The van der Waals surface area contributed by atoms with Gasteiger partial charge in [-0.15, -0.1) is 0 Å². The van der Waals surface area contributed by atoms with Crippen LogP contribution in [0.3, 0.4) is 0 Å². The monoisotopic (exact) mass is 637 g/mol. The smallest absolute Gasteiger partial charge is 0.0912 e. The van der Waals surface area contributed by atoms with Gasteiger partial charge in [0.2, 0.25) is 0 Å². The SMILES string of the molecule is C1=C(c2cccc(-n3c4ccccc4c4cc(-c5ccccc5)ccc43)c2)CNC2=C1C1(c3ccccc3-c3ccccc31)c1cccnc12. The molecule has 0 atom stereocenters. The summed E-state index contributed by atoms with van der Waals surface area (Å²) in [5.74, 6) is 0. The lowest BCUT2D eigenvalue weighted by Crippen LogP contribution is -2.29. The maximum atomic E-state index is 4.98. The van der Waals surface area contributed by atoms with E-state index < -0.39 is 5.41 Å². The first-order chi connectivity index (χ1) is 24.8. The third-order valence-electron chi connectivity index (χ3n) is 11.1. The largest absolute Gasteiger partial charge is 0.379 e. The molecule has 3 heterocycles. The molecule has 0 fully saturated rings. The highest BCUT2D eigenvalue weighted by Crippen LogP contribution is 2.62. The molecule has 1 aliphatic heterocycles. The lowest BCUT2D eigenvalue weighted by molar-refractivity contribution is 0.777. The van der Waals surface area contributed by atoms with E-state index in [9.17, 15) is 0 Å². The Bertz CT molecular complexity index is 2720. The molecule has 234 valence electrons. The van der Waals surface area contributed by atoms with E-state index in [-0.39, 0.29) is 0 Å². The van der Waals surface area contributed by atoms with E-state index in [1.807, 2.05) is 6.20 Å². The molecule has 1 spiro atoms. The van der Waals surface area contributed by atoms with Gasteiger partial charge in [0.25, 0.3) is 0 Å². The van der Waals surface area contributed by atoms with E-state index in [2.05, 4.69) is 174 Å². The summed E-state index contributed by atoms with van der Waals surface area (Å²) in [5.41, 5.74) is 18.1. The molecule has 0 saturated carbocycles. The standard InChI is InChI=1S/C47H31N3/c1-2-12-30(13-3-1)32-23-24-44-38(27-32)37-18-6-9-22-43(37)50(44)34-15-10-14-31(26-34)33-28-42-46(49-29-33)45-41(21-11-25-48-45)47(42)39-19-7-4-16-35(39)36-17-5-8-20-40(36)47/h1-28,49H,29H2. The van der Waals surface area contributed by atoms with Crippen LogP contribution in [-0.2, 0) is 5.41 Å². The molecule has 0 bridgehead atoms. The minimum atomic E-state index is -0.425. The van der Waals surface area contributed by atoms with Crippen LogP contribution < -0.4 is 5.32 Å². The van der Waals surface area contributed by atoms with Crippen LogP contribution in [0.1, 0.15) is 27.9 Å². The van der Waals surface area contributed by atoms with Crippen molar-refractivity contribution < 1.29 is 0 Å². The molecular formula is C47H31N3. The van der Waals surface area contributed by atoms with Crippen molar-refractivity contribution in [1.82, 2.24) is 14.9 Å². The Kier molecular flexibility index (Phi) is 5.65. The zero-order chi connectivity index (χ0) is 32.8. The number of rotatable bonds is 3. The van der Waals surface area contributed by atoms with Crippen molar-refractivity contribution in [2.75, 3.05) is 6.54 Å². The number of benzene rings is 6. The first-order valence-electron chi connectivity index (χ1n) is 17.3. The van der Waals surface area contributed by atoms with E-state index in [0.717, 1.165) is 23.6 Å². The van der Waals surface area contributed by atoms with Crippen molar-refractivity contribution in [2.45, 2.75) is 5.41 Å². The van der Waals surface area contributed by atoms with Crippen LogP contribution in [0, 0.1) is 0 Å². The molecule has 0 saturated heterocycles. The predicted molar refractivity (Wildman–Crippen MR) is 205 cm³/mol. The fourth-order valence-electron chi connectivity index (χ4n) is 9.04. The van der Waals surface area contributed by atoms with Crippen LogP contribution in [-0.4, -0.2) is 16.1 Å². The van der Waals surface area contributed by atoms with Gasteiger partial charge in [0.15, 0.2) is 0 Å².